The lowest BCUT2D eigenvalue weighted by Crippen LogP contribution is -3.00. The lowest BCUT2D eigenvalue weighted by atomic mass is 9.95. The van der Waals surface area contributed by atoms with E-state index in [1.165, 1.54) is 124 Å². The maximum atomic E-state index is 13.4. The van der Waals surface area contributed by atoms with E-state index in [0.29, 0.717) is 64.5 Å². The molecule has 14 aromatic rings. The second-order valence-electron chi connectivity index (χ2n) is 32.2. The van der Waals surface area contributed by atoms with Crippen molar-refractivity contribution in [3.8, 4) is 12.1 Å². The maximum Gasteiger partial charge on any atom is 0.341 e. The van der Waals surface area contributed by atoms with Crippen LogP contribution >= 0.6 is 120 Å². The fourth-order valence-corrected chi connectivity index (χ4v) is 30.0. The molecule has 8 aromatic heterocycles. The summed E-state index contributed by atoms with van der Waals surface area (Å²) in [6.45, 7) is 6.49. The molecule has 0 bridgehead atoms. The van der Waals surface area contributed by atoms with Crippen molar-refractivity contribution in [1.29, 1.82) is 10.5 Å². The largest absolute Gasteiger partial charge is 1.00 e. The van der Waals surface area contributed by atoms with E-state index in [2.05, 4.69) is 212 Å². The summed E-state index contributed by atoms with van der Waals surface area (Å²) >= 11 is 24.3. The number of nitrogens with one attached hydrogen (secondary N) is 3. The van der Waals surface area contributed by atoms with Crippen LogP contribution in [-0.2, 0) is 106 Å². The van der Waals surface area contributed by atoms with E-state index >= 15 is 0 Å². The second-order valence-corrected chi connectivity index (χ2v) is 44.2. The first kappa shape index (κ1) is 114. The number of aromatic amines is 3. The average Bonchev–Trinajstić information content (AvgIpc) is 1.36. The summed E-state index contributed by atoms with van der Waals surface area (Å²) in [6, 6.07) is 68.0. The van der Waals surface area contributed by atoms with Crippen LogP contribution in [0.25, 0.3) is 30.6 Å². The summed E-state index contributed by atoms with van der Waals surface area (Å²) in [5.41, 5.74) is 18.9. The Labute approximate surface area is 858 Å². The van der Waals surface area contributed by atoms with Gasteiger partial charge in [0.25, 0.3) is 16.7 Å². The monoisotopic (exact) mass is 2090 g/mol. The molecule has 8 heterocycles. The lowest BCUT2D eigenvalue weighted by Gasteiger charge is -2.27. The Morgan fingerprint density at radius 3 is 0.957 bits per heavy atom. The van der Waals surface area contributed by atoms with Gasteiger partial charge in [-0.05, 0) is 250 Å². The topological polar surface area (TPSA) is 333 Å². The molecule has 32 heteroatoms. The van der Waals surface area contributed by atoms with Crippen LogP contribution in [0, 0.1) is 22.7 Å². The first-order valence-electron chi connectivity index (χ1n) is 45.7. The molecular formula is C106H122Cl4N10O10P2S6. The molecule has 6 aromatic carbocycles. The van der Waals surface area contributed by atoms with Crippen LogP contribution in [-0.4, -0.2) is 79.3 Å². The third-order valence-corrected chi connectivity index (χ3v) is 36.4. The molecule has 0 radical (unpaired) electrons. The number of anilines is 2. The number of H-pyrrole nitrogens is 3. The first-order valence-corrected chi connectivity index (χ1v) is 54.7. The van der Waals surface area contributed by atoms with Crippen LogP contribution in [0.4, 0.5) is 10.0 Å². The molecule has 0 amide bonds. The number of hydrogen-bond acceptors (Lipinski definition) is 22. The Kier molecular flexibility index (Phi) is 48.1. The minimum absolute atomic E-state index is 0. The number of hydrogen-bond donors (Lipinski definition) is 5. The van der Waals surface area contributed by atoms with Crippen molar-refractivity contribution in [2.75, 3.05) is 37.2 Å². The highest BCUT2D eigenvalue weighted by Crippen LogP contribution is 2.58. The zero-order valence-electron chi connectivity index (χ0n) is 76.6. The number of halogens is 4. The van der Waals surface area contributed by atoms with Crippen LogP contribution in [0.15, 0.2) is 196 Å². The molecule has 7 N–H and O–H groups in total. The van der Waals surface area contributed by atoms with Crippen LogP contribution in [0.5, 0.6) is 0 Å². The first-order chi connectivity index (χ1) is 65.4. The lowest BCUT2D eigenvalue weighted by molar-refractivity contribution is -0.141. The minimum atomic E-state index is -2.11. The number of nitrogens with zero attached hydrogens (tertiary/aromatic N) is 5. The van der Waals surface area contributed by atoms with Gasteiger partial charge in [-0.15, -0.1) is 91.5 Å². The van der Waals surface area contributed by atoms with E-state index in [4.69, 9.17) is 71.3 Å². The van der Waals surface area contributed by atoms with Gasteiger partial charge in [0.05, 0.1) is 71.0 Å². The summed E-state index contributed by atoms with van der Waals surface area (Å²) in [4.78, 5) is 113. The number of ether oxygens (including phenoxy) is 3. The van der Waals surface area contributed by atoms with Gasteiger partial charge in [0.15, 0.2) is 0 Å². The van der Waals surface area contributed by atoms with Crippen molar-refractivity contribution >= 4 is 216 Å². The van der Waals surface area contributed by atoms with Crippen molar-refractivity contribution in [2.24, 2.45) is 0 Å². The SMILES string of the molecule is C.C.CCOC(=O)CC#N.CCOC(=O)c1c(N)sc2c1CCCC2.CCOC(=O)c1c(N)sc2c1CCCC2.N#CCCl.O=C1CCCCC1.O=c1[nH]c(CCl)nc2sc3c(c12)CCCC3.O=c1[nH]c(CCl)nc2sc3c(c12)CCCC3.O=c1[nH]c(C[P+](c2ccccc2)(c2ccccc2)c2ccccc2)nc2sc3c(c12)CCCC3.S.[Cl-].c1ccc(P(c2ccccc2)c2ccccc2)cc1. The third kappa shape index (κ3) is 29.9. The highest BCUT2D eigenvalue weighted by molar-refractivity contribution is 7.95. The zero-order valence-corrected chi connectivity index (χ0v) is 86.5. The number of aryl methyl sites for hydroxylation is 8. The fourth-order valence-electron chi connectivity index (χ4n) is 17.2. The molecular weight excluding hydrogens is 1970 g/mol. The number of benzene rings is 6. The van der Waals surface area contributed by atoms with Crippen molar-refractivity contribution in [2.45, 2.75) is 220 Å². The van der Waals surface area contributed by atoms with Crippen LogP contribution < -0.4 is 72.4 Å². The molecule has 0 unspecified atom stereocenters. The van der Waals surface area contributed by atoms with Crippen molar-refractivity contribution in [3.05, 3.63) is 294 Å². The predicted octanol–water partition coefficient (Wildman–Crippen LogP) is 19.9. The van der Waals surface area contributed by atoms with Gasteiger partial charge in [-0.1, -0.05) is 167 Å². The van der Waals surface area contributed by atoms with Crippen LogP contribution in [0.3, 0.4) is 0 Å². The zero-order chi connectivity index (χ0) is 94.7. The molecule has 6 aliphatic carbocycles. The number of esters is 3. The number of carbonyl (C=O) groups excluding carboxylic acids is 4. The quantitative estimate of drug-likeness (QED) is 0.0260. The molecule has 0 aliphatic heterocycles. The van der Waals surface area contributed by atoms with Gasteiger partial charge in [0, 0.05) is 37.2 Å². The number of nitriles is 2. The number of aromatic nitrogens is 6. The molecule has 6 aliphatic rings. The molecule has 730 valence electrons. The molecule has 1 fully saturated rings. The molecule has 20 nitrogen and oxygen atoms in total. The molecule has 1 saturated carbocycles. The Hall–Kier alpha value is -9.73. The number of carbonyl (C=O) groups is 4. The van der Waals surface area contributed by atoms with Gasteiger partial charge < -0.3 is 53.0 Å². The number of nitrogen functional groups attached to an aromatic ring is 2. The molecule has 0 atom stereocenters. The van der Waals surface area contributed by atoms with Gasteiger partial charge in [-0.2, -0.15) is 24.0 Å². The van der Waals surface area contributed by atoms with Crippen molar-refractivity contribution in [3.63, 3.8) is 0 Å². The van der Waals surface area contributed by atoms with Crippen molar-refractivity contribution < 1.29 is 45.8 Å². The minimum Gasteiger partial charge on any atom is -1.00 e. The van der Waals surface area contributed by atoms with Crippen LogP contribution in [0.1, 0.15) is 229 Å². The average molecular weight is 2090 g/mol. The summed E-state index contributed by atoms with van der Waals surface area (Å²) in [7, 11) is -2.55. The number of alkyl halides is 3. The smallest absolute Gasteiger partial charge is 0.341 e. The van der Waals surface area contributed by atoms with Crippen molar-refractivity contribution in [1.82, 2.24) is 29.9 Å². The van der Waals surface area contributed by atoms with E-state index in [9.17, 15) is 33.6 Å². The molecule has 20 rings (SSSR count). The fraction of sp³-hybridized carbons (Fsp3) is 0.358. The summed E-state index contributed by atoms with van der Waals surface area (Å²) < 4.78 is 14.5. The summed E-state index contributed by atoms with van der Waals surface area (Å²) in [5, 5.41) is 27.2. The van der Waals surface area contributed by atoms with E-state index < -0.39 is 21.2 Å². The summed E-state index contributed by atoms with van der Waals surface area (Å²) in [6.07, 6.45) is 28.0. The molecule has 0 spiro atoms. The van der Waals surface area contributed by atoms with E-state index in [-0.39, 0.29) is 93.4 Å². The third-order valence-electron chi connectivity index (χ3n) is 23.3. The number of nitrogens with two attached hydrogens (primary N) is 2. The number of fused-ring (bicyclic) bond motifs is 11. The summed E-state index contributed by atoms with van der Waals surface area (Å²) in [5.74, 6) is 2.03. The molecule has 0 saturated heterocycles. The number of ketones is 1. The Bertz CT molecular complexity index is 6150. The number of rotatable bonds is 16. The highest BCUT2D eigenvalue weighted by atomic mass is 35.5. The Morgan fingerprint density at radius 2 is 0.674 bits per heavy atom. The van der Waals surface area contributed by atoms with Gasteiger partial charge >= 0.3 is 17.9 Å². The predicted molar refractivity (Wildman–Crippen MR) is 582 cm³/mol. The number of thiophene rings is 5. The van der Waals surface area contributed by atoms with Gasteiger partial charge in [-0.3, -0.25) is 24.0 Å². The standard InChI is InChI=1S/C29H25N2OPS.C18H15P.2C11H11ClN2OS.2C11H15NO2S.C6H10O.C5H7NO2.C2H2ClN.2CH4.ClH.H2S/c32-28-27-24-18-10-11-19-25(24)34-29(27)31-26(30-28)20-33(21-12-4-1-5-13-21,22-14-6-2-7-15-22)23-16-8-3-9-17-23;1-4-10-16(11-5-1)19(17-12-6-2-7-13-17)18-14-8-3-9-15-18;2*12-5-8-13-10(15)9-6-3-1-2-4-7(6)16-11(9)14-8;2*1-2-14-11(13)9-7-5-3-4-6-8(7)15-10(9)12;7-6-4-2-1-3-5-6;1-2-8-5(7)3-4-6;3-1-2-4;;;;/h1-9,12-17H,10-11,18-20H2;1-15H;2*1-5H2,(H,13,14,15);2*2-6,12H2,1H3;1-5H2;2-3H2,1H3;1H2;2*1H4;1H;1H2. The van der Waals surface area contributed by atoms with E-state index in [0.717, 1.165) is 157 Å². The second kappa shape index (κ2) is 58.5. The maximum absolute atomic E-state index is 13.4. The number of Topliss-reactive ketones (excluding diaryl/α,β-unsaturated/α-hetero) is 1. The van der Waals surface area contributed by atoms with Gasteiger partial charge in [-0.25, -0.2) is 24.5 Å². The Morgan fingerprint density at radius 1 is 0.399 bits per heavy atom. The van der Waals surface area contributed by atoms with E-state index in [1.54, 1.807) is 75.7 Å². The Balaban J connectivity index is 0.000000199. The highest BCUT2D eigenvalue weighted by Gasteiger charge is 2.47. The van der Waals surface area contributed by atoms with Gasteiger partial charge in [0.2, 0.25) is 0 Å². The molecule has 138 heavy (non-hydrogen) atoms. The van der Waals surface area contributed by atoms with Crippen LogP contribution in [0.2, 0.25) is 0 Å². The normalized spacial score (nSPS) is 13.3. The van der Waals surface area contributed by atoms with Gasteiger partial charge in [0.1, 0.15) is 89.4 Å². The van der Waals surface area contributed by atoms with E-state index in [1.807, 2.05) is 13.8 Å².